The van der Waals surface area contributed by atoms with Crippen LogP contribution in [-0.4, -0.2) is 41.4 Å². The number of aromatic nitrogens is 1. The average Bonchev–Trinajstić information content (AvgIpc) is 3.16. The largest absolute Gasteiger partial charge is 0.352 e. The molecule has 2 aromatic carbocycles. The Morgan fingerprint density at radius 1 is 1.09 bits per heavy atom. The minimum atomic E-state index is 0. The van der Waals surface area contributed by atoms with Gasteiger partial charge < -0.3 is 15.5 Å². The Bertz CT molecular complexity index is 1080. The van der Waals surface area contributed by atoms with E-state index in [2.05, 4.69) is 77.1 Å². The summed E-state index contributed by atoms with van der Waals surface area (Å²) in [6.07, 6.45) is 5.60. The Balaban J connectivity index is 0.00000259. The van der Waals surface area contributed by atoms with E-state index in [1.54, 1.807) is 11.3 Å². The molecule has 2 aliphatic rings. The molecule has 0 spiro atoms. The first-order valence-electron chi connectivity index (χ1n) is 11.8. The number of rotatable bonds is 6. The summed E-state index contributed by atoms with van der Waals surface area (Å²) < 4.78 is 0. The van der Waals surface area contributed by atoms with E-state index < -0.39 is 0 Å². The number of aliphatic imine (C=N–C) groups is 1. The number of piperazine rings is 1. The molecule has 3 heterocycles. The fourth-order valence-electron chi connectivity index (χ4n) is 4.42. The van der Waals surface area contributed by atoms with Crippen LogP contribution in [-0.2, 0) is 12.8 Å². The molecule has 0 amide bonds. The molecule has 1 atom stereocenters. The second kappa shape index (κ2) is 9.84. The third-order valence-electron chi connectivity index (χ3n) is 6.19. The van der Waals surface area contributed by atoms with Crippen LogP contribution in [0.1, 0.15) is 43.9 Å². The van der Waals surface area contributed by atoms with Crippen molar-refractivity contribution in [1.29, 1.82) is 0 Å². The van der Waals surface area contributed by atoms with Gasteiger partial charge >= 0.3 is 0 Å². The van der Waals surface area contributed by atoms with Gasteiger partial charge in [-0.15, -0.1) is 11.3 Å². The van der Waals surface area contributed by atoms with Crippen molar-refractivity contribution in [3.63, 3.8) is 0 Å². The lowest BCUT2D eigenvalue weighted by atomic mass is 10.0. The van der Waals surface area contributed by atoms with Gasteiger partial charge in [0.05, 0.1) is 16.4 Å². The number of amidine groups is 1. The highest BCUT2D eigenvalue weighted by Crippen LogP contribution is 2.38. The van der Waals surface area contributed by atoms with Crippen LogP contribution >= 0.6 is 11.3 Å². The molecule has 0 unspecified atom stereocenters. The van der Waals surface area contributed by atoms with Gasteiger partial charge in [-0.2, -0.15) is 0 Å². The molecule has 0 aliphatic carbocycles. The Morgan fingerprint density at radius 2 is 1.94 bits per heavy atom. The van der Waals surface area contributed by atoms with Crippen LogP contribution in [0, 0.1) is 0 Å². The topological polar surface area (TPSA) is 52.6 Å². The summed E-state index contributed by atoms with van der Waals surface area (Å²) >= 11 is 1.78. The number of unbranched alkanes of at least 4 members (excludes halogenated alkanes) is 1. The third kappa shape index (κ3) is 4.71. The summed E-state index contributed by atoms with van der Waals surface area (Å²) in [7, 11) is 0. The van der Waals surface area contributed by atoms with Gasteiger partial charge in [0, 0.05) is 27.1 Å². The zero-order valence-electron chi connectivity index (χ0n) is 18.7. The second-order valence-corrected chi connectivity index (χ2v) is 9.67. The van der Waals surface area contributed by atoms with Crippen molar-refractivity contribution in [2.75, 3.05) is 25.0 Å². The minimum Gasteiger partial charge on any atom is -0.352 e. The van der Waals surface area contributed by atoms with Crippen molar-refractivity contribution in [3.05, 3.63) is 70.9 Å². The zero-order valence-corrected chi connectivity index (χ0v) is 19.5. The molecule has 6 heteroatoms. The molecule has 0 saturated carbocycles. The van der Waals surface area contributed by atoms with E-state index in [9.17, 15) is 0 Å². The van der Waals surface area contributed by atoms with E-state index in [1.807, 2.05) is 0 Å². The number of hydrogen-bond acceptors (Lipinski definition) is 6. The van der Waals surface area contributed by atoms with Crippen LogP contribution in [0.5, 0.6) is 0 Å². The van der Waals surface area contributed by atoms with E-state index in [1.165, 1.54) is 23.4 Å². The first-order valence-corrected chi connectivity index (χ1v) is 12.6. The van der Waals surface area contributed by atoms with E-state index >= 15 is 0 Å². The summed E-state index contributed by atoms with van der Waals surface area (Å²) in [5.41, 5.74) is 4.46. The Hall–Kier alpha value is -2.70. The summed E-state index contributed by atoms with van der Waals surface area (Å²) in [5.74, 6) is 1.02. The SMILES string of the molecule is CCCCc1nc2c(s1)Nc1ccccc1N=C2N1CCN[C@@H](CCc2ccccc2)C1.[HH]. The smallest absolute Gasteiger partial charge is 0.158 e. The molecule has 1 aromatic heterocycles. The molecular formula is C26H33N5S. The predicted octanol–water partition coefficient (Wildman–Crippen LogP) is 5.77. The maximum Gasteiger partial charge on any atom is 0.158 e. The standard InChI is InChI=1S/C26H31N5S.H2/c1-2-3-13-23-30-24-25(28-21-11-7-8-12-22(21)29-26(24)32-23)31-17-16-27-20(18-31)15-14-19-9-5-4-6-10-19;/h4-12,20,27,29H,2-3,13-18H2,1H3;1H/t20-;/m0./s1. The predicted molar refractivity (Wildman–Crippen MR) is 137 cm³/mol. The third-order valence-corrected chi connectivity index (χ3v) is 7.22. The molecule has 1 saturated heterocycles. The van der Waals surface area contributed by atoms with Crippen LogP contribution in [0.3, 0.4) is 0 Å². The van der Waals surface area contributed by atoms with Gasteiger partial charge in [-0.05, 0) is 43.4 Å². The molecular weight excluding hydrogens is 414 g/mol. The van der Waals surface area contributed by atoms with Gasteiger partial charge in [0.15, 0.2) is 5.84 Å². The lowest BCUT2D eigenvalue weighted by Crippen LogP contribution is -2.53. The fourth-order valence-corrected chi connectivity index (χ4v) is 5.43. The molecule has 32 heavy (non-hydrogen) atoms. The van der Waals surface area contributed by atoms with Crippen molar-refractivity contribution in [3.8, 4) is 0 Å². The first kappa shape index (κ1) is 21.2. The van der Waals surface area contributed by atoms with Crippen LogP contribution in [0.2, 0.25) is 0 Å². The number of hydrogen-bond donors (Lipinski definition) is 2. The van der Waals surface area contributed by atoms with Crippen molar-refractivity contribution >= 4 is 33.5 Å². The maximum absolute atomic E-state index is 5.15. The monoisotopic (exact) mass is 447 g/mol. The minimum absolute atomic E-state index is 0. The van der Waals surface area contributed by atoms with Gasteiger partial charge in [-0.3, -0.25) is 0 Å². The molecule has 0 radical (unpaired) electrons. The van der Waals surface area contributed by atoms with E-state index in [4.69, 9.17) is 9.98 Å². The number of anilines is 2. The van der Waals surface area contributed by atoms with E-state index in [0.717, 1.165) is 66.8 Å². The fraction of sp³-hybridized carbons (Fsp3) is 0.385. The number of nitrogens with zero attached hydrogens (tertiary/aromatic N) is 3. The summed E-state index contributed by atoms with van der Waals surface area (Å²) in [6, 6.07) is 19.5. The van der Waals surface area contributed by atoms with Gasteiger partial charge in [0.25, 0.3) is 0 Å². The zero-order chi connectivity index (χ0) is 21.8. The Labute approximate surface area is 196 Å². The first-order chi connectivity index (χ1) is 15.8. The van der Waals surface area contributed by atoms with Crippen LogP contribution in [0.15, 0.2) is 59.6 Å². The van der Waals surface area contributed by atoms with Crippen molar-refractivity contribution in [2.45, 2.75) is 45.1 Å². The van der Waals surface area contributed by atoms with Crippen LogP contribution in [0.4, 0.5) is 16.4 Å². The van der Waals surface area contributed by atoms with Crippen molar-refractivity contribution in [2.24, 2.45) is 4.99 Å². The second-order valence-electron chi connectivity index (χ2n) is 8.59. The molecule has 2 N–H and O–H groups in total. The van der Waals surface area contributed by atoms with Gasteiger partial charge in [-0.25, -0.2) is 9.98 Å². The van der Waals surface area contributed by atoms with E-state index in [0.29, 0.717) is 6.04 Å². The number of nitrogens with one attached hydrogen (secondary N) is 2. The van der Waals surface area contributed by atoms with Crippen LogP contribution in [0.25, 0.3) is 0 Å². The number of thiazole rings is 1. The number of benzene rings is 2. The summed E-state index contributed by atoms with van der Waals surface area (Å²) in [5, 5.41) is 9.67. The molecule has 1 fully saturated rings. The normalized spacial score (nSPS) is 17.7. The van der Waals surface area contributed by atoms with Crippen molar-refractivity contribution in [1.82, 2.24) is 15.2 Å². The molecule has 0 bridgehead atoms. The van der Waals surface area contributed by atoms with E-state index in [-0.39, 0.29) is 1.43 Å². The van der Waals surface area contributed by atoms with Crippen LogP contribution < -0.4 is 10.6 Å². The average molecular weight is 448 g/mol. The highest BCUT2D eigenvalue weighted by molar-refractivity contribution is 7.16. The maximum atomic E-state index is 5.15. The lowest BCUT2D eigenvalue weighted by Gasteiger charge is -2.35. The number of para-hydroxylation sites is 2. The summed E-state index contributed by atoms with van der Waals surface area (Å²) in [4.78, 5) is 12.7. The highest BCUT2D eigenvalue weighted by Gasteiger charge is 2.28. The summed E-state index contributed by atoms with van der Waals surface area (Å²) in [6.45, 7) is 5.10. The lowest BCUT2D eigenvalue weighted by molar-refractivity contribution is 0.282. The Kier molecular flexibility index (Phi) is 6.51. The van der Waals surface area contributed by atoms with Crippen molar-refractivity contribution < 1.29 is 1.43 Å². The molecule has 5 rings (SSSR count). The Morgan fingerprint density at radius 3 is 2.81 bits per heavy atom. The van der Waals surface area contributed by atoms with Gasteiger partial charge in [0.1, 0.15) is 10.7 Å². The molecule has 3 aromatic rings. The molecule has 168 valence electrons. The molecule has 2 aliphatic heterocycles. The number of aryl methyl sites for hydroxylation is 2. The quantitative estimate of drug-likeness (QED) is 0.503. The molecule has 5 nitrogen and oxygen atoms in total. The van der Waals surface area contributed by atoms with Gasteiger partial charge in [-0.1, -0.05) is 55.8 Å². The van der Waals surface area contributed by atoms with Gasteiger partial charge in [0.2, 0.25) is 0 Å². The highest BCUT2D eigenvalue weighted by atomic mass is 32.1. The number of fused-ring (bicyclic) bond motifs is 2.